The van der Waals surface area contributed by atoms with Crippen LogP contribution in [0.5, 0.6) is 0 Å². The second-order valence-corrected chi connectivity index (χ2v) is 7.39. The van der Waals surface area contributed by atoms with Crippen molar-refractivity contribution in [2.75, 3.05) is 0 Å². The molecule has 2 fully saturated rings. The molecule has 0 N–H and O–H groups in total. The Morgan fingerprint density at radius 1 is 1.00 bits per heavy atom. The van der Waals surface area contributed by atoms with Crippen molar-refractivity contribution in [3.05, 3.63) is 29.6 Å². The Balaban J connectivity index is 1.88. The van der Waals surface area contributed by atoms with Crippen LogP contribution in [0.4, 0.5) is 4.39 Å². The number of hydrogen-bond donors (Lipinski definition) is 0. The van der Waals surface area contributed by atoms with Gasteiger partial charge in [0, 0.05) is 0 Å². The van der Waals surface area contributed by atoms with Gasteiger partial charge in [-0.15, -0.1) is 0 Å². The molecule has 1 aliphatic heterocycles. The van der Waals surface area contributed by atoms with Crippen molar-refractivity contribution < 1.29 is 13.7 Å². The summed E-state index contributed by atoms with van der Waals surface area (Å²) >= 11 is 0. The number of halogens is 1. The molecule has 1 aliphatic carbocycles. The van der Waals surface area contributed by atoms with Crippen LogP contribution in [0.2, 0.25) is 0 Å². The van der Waals surface area contributed by atoms with Gasteiger partial charge in [-0.1, -0.05) is 19.1 Å². The second kappa shape index (κ2) is 4.08. The molecular weight excluding hydrogens is 254 g/mol. The first-order valence-electron chi connectivity index (χ1n) is 7.30. The molecule has 0 bridgehead atoms. The Morgan fingerprint density at radius 3 is 2.00 bits per heavy atom. The van der Waals surface area contributed by atoms with Crippen LogP contribution in [-0.4, -0.2) is 18.3 Å². The highest BCUT2D eigenvalue weighted by Gasteiger charge is 2.52. The molecular formula is C16H22BFO2. The van der Waals surface area contributed by atoms with Crippen molar-refractivity contribution >= 4 is 12.6 Å². The highest BCUT2D eigenvalue weighted by atomic mass is 19.1. The highest BCUT2D eigenvalue weighted by molar-refractivity contribution is 6.62. The summed E-state index contributed by atoms with van der Waals surface area (Å²) in [5.74, 6) is -0.141. The Hall–Kier alpha value is -0.865. The molecule has 2 nitrogen and oxygen atoms in total. The second-order valence-electron chi connectivity index (χ2n) is 7.39. The molecule has 108 valence electrons. The zero-order valence-corrected chi connectivity index (χ0v) is 12.9. The molecule has 3 rings (SSSR count). The normalized spacial score (nSPS) is 25.8. The summed E-state index contributed by atoms with van der Waals surface area (Å²) < 4.78 is 26.2. The lowest BCUT2D eigenvalue weighted by molar-refractivity contribution is 0.00578. The first-order chi connectivity index (χ1) is 9.15. The van der Waals surface area contributed by atoms with E-state index in [2.05, 4.69) is 6.92 Å². The fraction of sp³-hybridized carbons (Fsp3) is 0.625. The fourth-order valence-corrected chi connectivity index (χ4v) is 2.60. The van der Waals surface area contributed by atoms with Gasteiger partial charge in [-0.2, -0.15) is 0 Å². The maximum atomic E-state index is 14.3. The molecule has 1 heterocycles. The average molecular weight is 276 g/mol. The largest absolute Gasteiger partial charge is 0.494 e. The van der Waals surface area contributed by atoms with E-state index in [1.54, 1.807) is 6.07 Å². The van der Waals surface area contributed by atoms with E-state index in [0.717, 1.165) is 23.9 Å². The van der Waals surface area contributed by atoms with Crippen LogP contribution in [0.3, 0.4) is 0 Å². The lowest BCUT2D eigenvalue weighted by atomic mass is 9.78. The fourth-order valence-electron chi connectivity index (χ4n) is 2.60. The lowest BCUT2D eigenvalue weighted by Crippen LogP contribution is -2.41. The van der Waals surface area contributed by atoms with Crippen LogP contribution in [0.1, 0.15) is 53.0 Å². The van der Waals surface area contributed by atoms with Crippen molar-refractivity contribution in [1.82, 2.24) is 0 Å². The summed E-state index contributed by atoms with van der Waals surface area (Å²) in [4.78, 5) is 0. The van der Waals surface area contributed by atoms with Crippen LogP contribution in [-0.2, 0) is 14.7 Å². The highest BCUT2D eigenvalue weighted by Crippen LogP contribution is 2.48. The molecule has 0 amide bonds. The van der Waals surface area contributed by atoms with Gasteiger partial charge in [0.05, 0.1) is 11.2 Å². The minimum Gasteiger partial charge on any atom is -0.399 e. The first kappa shape index (κ1) is 14.1. The van der Waals surface area contributed by atoms with Crippen LogP contribution in [0.15, 0.2) is 18.2 Å². The minimum atomic E-state index is -0.490. The monoisotopic (exact) mass is 276 g/mol. The zero-order valence-electron chi connectivity index (χ0n) is 12.9. The Morgan fingerprint density at radius 2 is 1.55 bits per heavy atom. The van der Waals surface area contributed by atoms with Crippen LogP contribution >= 0.6 is 0 Å². The summed E-state index contributed by atoms with van der Waals surface area (Å²) in [6.07, 6.45) is 2.14. The molecule has 0 radical (unpaired) electrons. The van der Waals surface area contributed by atoms with Crippen LogP contribution < -0.4 is 5.46 Å². The summed E-state index contributed by atoms with van der Waals surface area (Å²) in [5.41, 5.74) is 0.829. The zero-order chi connectivity index (χ0) is 14.8. The average Bonchev–Trinajstić information content (AvgIpc) is 3.01. The molecule has 2 aliphatic rings. The summed E-state index contributed by atoms with van der Waals surface area (Å²) in [7, 11) is -0.490. The Kier molecular flexibility index (Phi) is 2.87. The minimum absolute atomic E-state index is 0.0402. The summed E-state index contributed by atoms with van der Waals surface area (Å²) in [6, 6.07) is 5.40. The number of rotatable bonds is 2. The predicted molar refractivity (Wildman–Crippen MR) is 78.7 cm³/mol. The number of benzene rings is 1. The van der Waals surface area contributed by atoms with Crippen molar-refractivity contribution in [2.45, 2.75) is 64.1 Å². The first-order valence-corrected chi connectivity index (χ1v) is 7.30. The van der Waals surface area contributed by atoms with E-state index in [1.807, 2.05) is 39.8 Å². The molecule has 1 aromatic rings. The van der Waals surface area contributed by atoms with Gasteiger partial charge >= 0.3 is 7.12 Å². The summed E-state index contributed by atoms with van der Waals surface area (Å²) in [6.45, 7) is 10.1. The van der Waals surface area contributed by atoms with Crippen molar-refractivity contribution in [1.29, 1.82) is 0 Å². The number of hydrogen-bond acceptors (Lipinski definition) is 2. The third kappa shape index (κ3) is 2.10. The maximum Gasteiger partial charge on any atom is 0.494 e. The van der Waals surface area contributed by atoms with E-state index in [1.165, 1.54) is 0 Å². The summed E-state index contributed by atoms with van der Waals surface area (Å²) in [5, 5.41) is 0. The van der Waals surface area contributed by atoms with Gasteiger partial charge < -0.3 is 9.31 Å². The van der Waals surface area contributed by atoms with Crippen molar-refractivity contribution in [2.24, 2.45) is 0 Å². The third-order valence-electron chi connectivity index (χ3n) is 5.17. The topological polar surface area (TPSA) is 18.5 Å². The smallest absolute Gasteiger partial charge is 0.399 e. The van der Waals surface area contributed by atoms with Gasteiger partial charge in [0.25, 0.3) is 0 Å². The standard InChI is InChI=1S/C16H22BFO2/c1-14(2)15(3,4)20-17(19-14)11-6-7-12(13(18)10-11)16(5)8-9-16/h6-7,10H,8-9H2,1-5H3. The van der Waals surface area contributed by atoms with E-state index >= 15 is 0 Å². The van der Waals surface area contributed by atoms with Gasteiger partial charge in [-0.05, 0) is 63.0 Å². The quantitative estimate of drug-likeness (QED) is 0.772. The van der Waals surface area contributed by atoms with Gasteiger partial charge in [-0.3, -0.25) is 0 Å². The predicted octanol–water partition coefficient (Wildman–Crippen LogP) is 3.18. The third-order valence-corrected chi connectivity index (χ3v) is 5.17. The van der Waals surface area contributed by atoms with Crippen molar-refractivity contribution in [3.63, 3.8) is 0 Å². The lowest BCUT2D eigenvalue weighted by Gasteiger charge is -2.32. The van der Waals surface area contributed by atoms with E-state index in [9.17, 15) is 4.39 Å². The van der Waals surface area contributed by atoms with E-state index in [4.69, 9.17) is 9.31 Å². The molecule has 20 heavy (non-hydrogen) atoms. The molecule has 1 saturated heterocycles. The van der Waals surface area contributed by atoms with Gasteiger partial charge in [0.15, 0.2) is 0 Å². The Labute approximate surface area is 120 Å². The van der Waals surface area contributed by atoms with Gasteiger partial charge in [0.2, 0.25) is 0 Å². The molecule has 0 unspecified atom stereocenters. The van der Waals surface area contributed by atoms with Crippen molar-refractivity contribution in [3.8, 4) is 0 Å². The molecule has 0 atom stereocenters. The van der Waals surface area contributed by atoms with E-state index in [0.29, 0.717) is 0 Å². The Bertz CT molecular complexity index is 533. The SMILES string of the molecule is CC1(c2ccc(B3OC(C)(C)C(C)(C)O3)cc2F)CC1. The van der Waals surface area contributed by atoms with E-state index in [-0.39, 0.29) is 11.2 Å². The molecule has 0 aromatic heterocycles. The molecule has 1 saturated carbocycles. The maximum absolute atomic E-state index is 14.3. The molecule has 4 heteroatoms. The van der Waals surface area contributed by atoms with Gasteiger partial charge in [-0.25, -0.2) is 4.39 Å². The van der Waals surface area contributed by atoms with Crippen LogP contribution in [0, 0.1) is 5.82 Å². The van der Waals surface area contributed by atoms with Gasteiger partial charge in [0.1, 0.15) is 5.82 Å². The van der Waals surface area contributed by atoms with E-state index < -0.39 is 18.3 Å². The van der Waals surface area contributed by atoms with Crippen LogP contribution in [0.25, 0.3) is 0 Å². The molecule has 0 spiro atoms. The molecule has 1 aromatic carbocycles.